The molecule has 1 amide bonds. The lowest BCUT2D eigenvalue weighted by Crippen LogP contribution is -2.37. The van der Waals surface area contributed by atoms with Gasteiger partial charge in [-0.05, 0) is 38.5 Å². The number of hydrogen-bond donors (Lipinski definition) is 1. The fourth-order valence-corrected chi connectivity index (χ4v) is 3.30. The maximum Gasteiger partial charge on any atom is 0.257 e. The average Bonchev–Trinajstić information content (AvgIpc) is 3.29. The van der Waals surface area contributed by atoms with Gasteiger partial charge in [0.05, 0.1) is 11.4 Å². The van der Waals surface area contributed by atoms with Gasteiger partial charge in [-0.3, -0.25) is 9.78 Å². The Labute approximate surface area is 156 Å². The Kier molecular flexibility index (Phi) is 4.53. The molecular formula is C19H20N6O2. The van der Waals surface area contributed by atoms with Crippen LogP contribution >= 0.6 is 0 Å². The maximum atomic E-state index is 12.5. The third-order valence-electron chi connectivity index (χ3n) is 4.67. The smallest absolute Gasteiger partial charge is 0.257 e. The quantitative estimate of drug-likeness (QED) is 0.757. The summed E-state index contributed by atoms with van der Waals surface area (Å²) in [5.41, 5.74) is 2.90. The predicted octanol–water partition coefficient (Wildman–Crippen LogP) is 2.15. The van der Waals surface area contributed by atoms with Gasteiger partial charge in [-0.2, -0.15) is 0 Å². The summed E-state index contributed by atoms with van der Waals surface area (Å²) in [4.78, 5) is 27.8. The van der Waals surface area contributed by atoms with Crippen LogP contribution in [0.25, 0.3) is 11.3 Å². The number of nitrogens with one attached hydrogen (secondary N) is 1. The van der Waals surface area contributed by atoms with Crippen molar-refractivity contribution in [2.45, 2.75) is 26.3 Å². The van der Waals surface area contributed by atoms with Gasteiger partial charge >= 0.3 is 0 Å². The highest BCUT2D eigenvalue weighted by molar-refractivity contribution is 5.96. The number of carbonyl (C=O) groups is 1. The maximum absolute atomic E-state index is 12.5. The fraction of sp³-hybridized carbons (Fsp3) is 0.316. The lowest BCUT2D eigenvalue weighted by molar-refractivity contribution is 0.0938. The van der Waals surface area contributed by atoms with Gasteiger partial charge in [0, 0.05) is 43.3 Å². The Morgan fingerprint density at radius 2 is 2.19 bits per heavy atom. The van der Waals surface area contributed by atoms with Crippen LogP contribution < -0.4 is 10.2 Å². The van der Waals surface area contributed by atoms with Gasteiger partial charge in [-0.15, -0.1) is 0 Å². The van der Waals surface area contributed by atoms with Crippen molar-refractivity contribution < 1.29 is 9.32 Å². The molecule has 8 nitrogen and oxygen atoms in total. The van der Waals surface area contributed by atoms with Crippen LogP contribution in [0.3, 0.4) is 0 Å². The van der Waals surface area contributed by atoms with E-state index in [1.165, 1.54) is 0 Å². The Hall–Kier alpha value is -3.29. The highest BCUT2D eigenvalue weighted by Gasteiger charge is 2.28. The van der Waals surface area contributed by atoms with Gasteiger partial charge < -0.3 is 14.7 Å². The standard InChI is InChI=1S/C19H20N6O2/c1-12-17(13(2)27-24-12)18(26)22-15-6-9-25(11-15)19-21-8-5-16(23-19)14-4-3-7-20-10-14/h3-5,7-8,10,15H,6,9,11H2,1-2H3,(H,22,26). The van der Waals surface area contributed by atoms with Crippen molar-refractivity contribution in [1.29, 1.82) is 0 Å². The van der Waals surface area contributed by atoms with Gasteiger partial charge in [0.2, 0.25) is 5.95 Å². The summed E-state index contributed by atoms with van der Waals surface area (Å²) >= 11 is 0. The van der Waals surface area contributed by atoms with Gasteiger partial charge in [-0.1, -0.05) is 5.16 Å². The molecule has 1 unspecified atom stereocenters. The van der Waals surface area contributed by atoms with Gasteiger partial charge in [0.25, 0.3) is 5.91 Å². The molecule has 1 N–H and O–H groups in total. The molecular weight excluding hydrogens is 344 g/mol. The molecule has 4 rings (SSSR count). The number of nitrogens with zero attached hydrogens (tertiary/aromatic N) is 5. The van der Waals surface area contributed by atoms with Crippen molar-refractivity contribution in [1.82, 2.24) is 25.4 Å². The average molecular weight is 364 g/mol. The highest BCUT2D eigenvalue weighted by atomic mass is 16.5. The number of aromatic nitrogens is 4. The van der Waals surface area contributed by atoms with Crippen molar-refractivity contribution in [2.24, 2.45) is 0 Å². The predicted molar refractivity (Wildman–Crippen MR) is 99.3 cm³/mol. The summed E-state index contributed by atoms with van der Waals surface area (Å²) in [6.07, 6.45) is 6.09. The molecule has 3 aromatic heterocycles. The second-order valence-electron chi connectivity index (χ2n) is 6.59. The Morgan fingerprint density at radius 1 is 1.30 bits per heavy atom. The van der Waals surface area contributed by atoms with Crippen molar-refractivity contribution in [3.63, 3.8) is 0 Å². The van der Waals surface area contributed by atoms with Crippen LogP contribution in [-0.4, -0.2) is 45.1 Å². The first kappa shape index (κ1) is 17.1. The second-order valence-corrected chi connectivity index (χ2v) is 6.59. The largest absolute Gasteiger partial charge is 0.361 e. The fourth-order valence-electron chi connectivity index (χ4n) is 3.30. The molecule has 1 atom stereocenters. The monoisotopic (exact) mass is 364 g/mol. The molecule has 3 aromatic rings. The van der Waals surface area contributed by atoms with Gasteiger partial charge in [-0.25, -0.2) is 9.97 Å². The molecule has 1 fully saturated rings. The Bertz CT molecular complexity index is 936. The molecule has 138 valence electrons. The molecule has 0 bridgehead atoms. The van der Waals surface area contributed by atoms with E-state index >= 15 is 0 Å². The molecule has 0 aromatic carbocycles. The first-order chi connectivity index (χ1) is 13.1. The minimum atomic E-state index is -0.150. The molecule has 0 radical (unpaired) electrons. The van der Waals surface area contributed by atoms with Gasteiger partial charge in [0.15, 0.2) is 0 Å². The van der Waals surface area contributed by atoms with Crippen LogP contribution in [0.1, 0.15) is 28.2 Å². The van der Waals surface area contributed by atoms with Crippen LogP contribution in [0.4, 0.5) is 5.95 Å². The van der Waals surface area contributed by atoms with E-state index in [1.807, 2.05) is 18.2 Å². The number of carbonyl (C=O) groups excluding carboxylic acids is 1. The second kappa shape index (κ2) is 7.14. The van der Waals surface area contributed by atoms with E-state index in [4.69, 9.17) is 4.52 Å². The first-order valence-corrected chi connectivity index (χ1v) is 8.84. The van der Waals surface area contributed by atoms with Crippen molar-refractivity contribution in [3.8, 4) is 11.3 Å². The highest BCUT2D eigenvalue weighted by Crippen LogP contribution is 2.21. The van der Waals surface area contributed by atoms with E-state index in [0.29, 0.717) is 29.5 Å². The van der Waals surface area contributed by atoms with Crippen LogP contribution in [0.2, 0.25) is 0 Å². The molecule has 4 heterocycles. The van der Waals surface area contributed by atoms with Crippen molar-refractivity contribution in [3.05, 3.63) is 53.8 Å². The number of hydrogen-bond acceptors (Lipinski definition) is 7. The third-order valence-corrected chi connectivity index (χ3v) is 4.67. The summed E-state index contributed by atoms with van der Waals surface area (Å²) in [5, 5.41) is 6.90. The number of aryl methyl sites for hydroxylation is 2. The van der Waals surface area contributed by atoms with Crippen LogP contribution in [0.5, 0.6) is 0 Å². The molecule has 0 spiro atoms. The normalized spacial score (nSPS) is 16.5. The molecule has 0 aliphatic carbocycles. The summed E-state index contributed by atoms with van der Waals surface area (Å²) < 4.78 is 5.08. The lowest BCUT2D eigenvalue weighted by Gasteiger charge is -2.17. The van der Waals surface area contributed by atoms with Gasteiger partial charge in [0.1, 0.15) is 11.3 Å². The topological polar surface area (TPSA) is 97.0 Å². The Balaban J connectivity index is 1.45. The lowest BCUT2D eigenvalue weighted by atomic mass is 10.1. The SMILES string of the molecule is Cc1noc(C)c1C(=O)NC1CCN(c2nccc(-c3cccnc3)n2)C1. The molecule has 8 heteroatoms. The summed E-state index contributed by atoms with van der Waals surface area (Å²) in [7, 11) is 0. The van der Waals surface area contributed by atoms with Crippen LogP contribution in [0.15, 0.2) is 41.3 Å². The summed E-state index contributed by atoms with van der Waals surface area (Å²) in [5.74, 6) is 1.04. The minimum absolute atomic E-state index is 0.0249. The third kappa shape index (κ3) is 3.51. The summed E-state index contributed by atoms with van der Waals surface area (Å²) in [6.45, 7) is 4.95. The Morgan fingerprint density at radius 3 is 2.93 bits per heavy atom. The van der Waals surface area contributed by atoms with E-state index in [-0.39, 0.29) is 11.9 Å². The minimum Gasteiger partial charge on any atom is -0.361 e. The number of amides is 1. The molecule has 1 saturated heterocycles. The van der Waals surface area contributed by atoms with Crippen molar-refractivity contribution in [2.75, 3.05) is 18.0 Å². The van der Waals surface area contributed by atoms with E-state index < -0.39 is 0 Å². The van der Waals surface area contributed by atoms with Crippen LogP contribution in [-0.2, 0) is 0 Å². The zero-order valence-electron chi connectivity index (χ0n) is 15.2. The number of pyridine rings is 1. The van der Waals surface area contributed by atoms with E-state index in [1.54, 1.807) is 32.4 Å². The zero-order valence-corrected chi connectivity index (χ0v) is 15.2. The molecule has 1 aliphatic heterocycles. The first-order valence-electron chi connectivity index (χ1n) is 8.84. The van der Waals surface area contributed by atoms with Crippen molar-refractivity contribution >= 4 is 11.9 Å². The molecule has 1 aliphatic rings. The van der Waals surface area contributed by atoms with Crippen LogP contribution in [0, 0.1) is 13.8 Å². The number of anilines is 1. The van der Waals surface area contributed by atoms with E-state index in [0.717, 1.165) is 24.2 Å². The molecule has 27 heavy (non-hydrogen) atoms. The summed E-state index contributed by atoms with van der Waals surface area (Å²) in [6, 6.07) is 5.74. The van der Waals surface area contributed by atoms with E-state index in [9.17, 15) is 4.79 Å². The number of rotatable bonds is 4. The molecule has 0 saturated carbocycles. The zero-order chi connectivity index (χ0) is 18.8. The van der Waals surface area contributed by atoms with E-state index in [2.05, 4.69) is 30.3 Å².